The van der Waals surface area contributed by atoms with E-state index < -0.39 is 23.8 Å². The molecular formula is C13H15Cl2N3O4. The zero-order chi connectivity index (χ0) is 16.3. The number of carbonyl (C=O) groups excluding carboxylic acids is 2. The first kappa shape index (κ1) is 16.8. The molecule has 7 nitrogen and oxygen atoms in total. The molecule has 120 valence electrons. The third-order valence-electron chi connectivity index (χ3n) is 3.52. The van der Waals surface area contributed by atoms with Crippen molar-refractivity contribution in [2.75, 3.05) is 32.2 Å². The second kappa shape index (κ2) is 7.11. The molecule has 2 atom stereocenters. The Hall–Kier alpha value is -1.60. The lowest BCUT2D eigenvalue weighted by molar-refractivity contribution is -0.150. The van der Waals surface area contributed by atoms with Gasteiger partial charge in [0.25, 0.3) is 0 Å². The summed E-state index contributed by atoms with van der Waals surface area (Å²) >= 11 is 11.9. The van der Waals surface area contributed by atoms with E-state index in [0.717, 1.165) is 0 Å². The number of carbonyl (C=O) groups is 2. The number of nitrogens with zero attached hydrogens (tertiary/aromatic N) is 3. The van der Waals surface area contributed by atoms with Crippen molar-refractivity contribution in [2.24, 2.45) is 11.8 Å². The smallest absolute Gasteiger partial charge is 0.310 e. The minimum atomic E-state index is -0.479. The van der Waals surface area contributed by atoms with Gasteiger partial charge in [0.2, 0.25) is 5.28 Å². The standard InChI is InChI=1S/C13H15Cl2N3O4/c1-21-11(19)7-3-8(12(20)22-2)6-18(5-7)10-9(14)4-16-13(15)17-10/h4,7-8H,3,5-6H2,1-2H3/t7-,8+. The summed E-state index contributed by atoms with van der Waals surface area (Å²) in [5, 5.41) is 0.327. The van der Waals surface area contributed by atoms with Crippen molar-refractivity contribution in [1.82, 2.24) is 9.97 Å². The number of rotatable bonds is 3. The van der Waals surface area contributed by atoms with Gasteiger partial charge in [0.15, 0.2) is 5.82 Å². The molecule has 1 aromatic heterocycles. The van der Waals surface area contributed by atoms with E-state index >= 15 is 0 Å². The largest absolute Gasteiger partial charge is 0.469 e. The molecule has 1 fully saturated rings. The maximum Gasteiger partial charge on any atom is 0.310 e. The lowest BCUT2D eigenvalue weighted by Crippen LogP contribution is -2.46. The van der Waals surface area contributed by atoms with Crippen molar-refractivity contribution in [1.29, 1.82) is 0 Å². The van der Waals surface area contributed by atoms with Crippen LogP contribution in [0.3, 0.4) is 0 Å². The summed E-state index contributed by atoms with van der Waals surface area (Å²) in [4.78, 5) is 33.3. The average molecular weight is 348 g/mol. The Kier molecular flexibility index (Phi) is 5.42. The van der Waals surface area contributed by atoms with Crippen LogP contribution in [-0.4, -0.2) is 49.2 Å². The topological polar surface area (TPSA) is 81.6 Å². The summed E-state index contributed by atoms with van der Waals surface area (Å²) in [5.74, 6) is -1.37. The van der Waals surface area contributed by atoms with Gasteiger partial charge in [-0.25, -0.2) is 4.98 Å². The van der Waals surface area contributed by atoms with E-state index in [-0.39, 0.29) is 5.28 Å². The second-order valence-electron chi connectivity index (χ2n) is 4.89. The van der Waals surface area contributed by atoms with Gasteiger partial charge in [-0.1, -0.05) is 11.6 Å². The van der Waals surface area contributed by atoms with Crippen LogP contribution in [0.1, 0.15) is 6.42 Å². The minimum absolute atomic E-state index is 0.0363. The molecular weight excluding hydrogens is 333 g/mol. The summed E-state index contributed by atoms with van der Waals surface area (Å²) < 4.78 is 9.56. The molecule has 1 aromatic rings. The van der Waals surface area contributed by atoms with Gasteiger partial charge in [-0.05, 0) is 18.0 Å². The van der Waals surface area contributed by atoms with Crippen LogP contribution in [0.25, 0.3) is 0 Å². The molecule has 0 radical (unpaired) electrons. The predicted molar refractivity (Wildman–Crippen MR) is 79.9 cm³/mol. The molecule has 0 aliphatic carbocycles. The number of ether oxygens (including phenoxy) is 2. The third-order valence-corrected chi connectivity index (χ3v) is 3.96. The fourth-order valence-electron chi connectivity index (χ4n) is 2.51. The highest BCUT2D eigenvalue weighted by Crippen LogP contribution is 2.31. The number of halogens is 2. The van der Waals surface area contributed by atoms with Gasteiger partial charge in [-0.15, -0.1) is 0 Å². The molecule has 0 saturated carbocycles. The first-order valence-electron chi connectivity index (χ1n) is 6.55. The van der Waals surface area contributed by atoms with Crippen LogP contribution in [-0.2, 0) is 19.1 Å². The Bertz CT molecular complexity index is 560. The van der Waals surface area contributed by atoms with E-state index in [1.807, 2.05) is 0 Å². The van der Waals surface area contributed by atoms with E-state index in [2.05, 4.69) is 9.97 Å². The highest BCUT2D eigenvalue weighted by atomic mass is 35.5. The van der Waals surface area contributed by atoms with Gasteiger partial charge in [-0.2, -0.15) is 4.98 Å². The van der Waals surface area contributed by atoms with Crippen LogP contribution in [0.4, 0.5) is 5.82 Å². The van der Waals surface area contributed by atoms with Crippen molar-refractivity contribution in [3.05, 3.63) is 16.5 Å². The fraction of sp³-hybridized carbons (Fsp3) is 0.538. The van der Waals surface area contributed by atoms with Gasteiger partial charge >= 0.3 is 11.9 Å². The molecule has 2 heterocycles. The molecule has 1 aliphatic heterocycles. The lowest BCUT2D eigenvalue weighted by atomic mass is 9.89. The molecule has 0 amide bonds. The zero-order valence-electron chi connectivity index (χ0n) is 12.1. The van der Waals surface area contributed by atoms with E-state index in [1.165, 1.54) is 20.4 Å². The highest BCUT2D eigenvalue weighted by Gasteiger charge is 2.37. The number of methoxy groups -OCH3 is 2. The number of anilines is 1. The molecule has 9 heteroatoms. The van der Waals surface area contributed by atoms with E-state index in [4.69, 9.17) is 32.7 Å². The highest BCUT2D eigenvalue weighted by molar-refractivity contribution is 6.33. The van der Waals surface area contributed by atoms with Gasteiger partial charge in [-0.3, -0.25) is 9.59 Å². The molecule has 0 spiro atoms. The Labute approximate surface area is 137 Å². The predicted octanol–water partition coefficient (Wildman–Crippen LogP) is 1.57. The average Bonchev–Trinajstić information content (AvgIpc) is 2.55. The molecule has 0 N–H and O–H groups in total. The Morgan fingerprint density at radius 1 is 1.18 bits per heavy atom. The first-order chi connectivity index (χ1) is 10.5. The molecule has 1 saturated heterocycles. The SMILES string of the molecule is COC(=O)[C@@H]1C[C@H](C(=O)OC)CN(c2nc(Cl)ncc2Cl)C1. The van der Waals surface area contributed by atoms with Crippen LogP contribution < -0.4 is 4.90 Å². The van der Waals surface area contributed by atoms with E-state index in [0.29, 0.717) is 30.4 Å². The summed E-state index contributed by atoms with van der Waals surface area (Å²) in [7, 11) is 2.62. The van der Waals surface area contributed by atoms with Crippen molar-refractivity contribution in [2.45, 2.75) is 6.42 Å². The van der Waals surface area contributed by atoms with Crippen LogP contribution >= 0.6 is 23.2 Å². The van der Waals surface area contributed by atoms with Gasteiger partial charge in [0.1, 0.15) is 5.02 Å². The number of aromatic nitrogens is 2. The Morgan fingerprint density at radius 3 is 2.23 bits per heavy atom. The summed E-state index contributed by atoms with van der Waals surface area (Å²) in [5.41, 5.74) is 0. The number of piperidine rings is 1. The monoisotopic (exact) mass is 347 g/mol. The molecule has 0 bridgehead atoms. The van der Waals surface area contributed by atoms with E-state index in [1.54, 1.807) is 4.90 Å². The minimum Gasteiger partial charge on any atom is -0.469 e. The fourth-order valence-corrected chi connectivity index (χ4v) is 2.85. The molecule has 1 aliphatic rings. The van der Waals surface area contributed by atoms with Gasteiger partial charge < -0.3 is 14.4 Å². The quantitative estimate of drug-likeness (QED) is 0.606. The summed E-state index contributed by atoms with van der Waals surface area (Å²) in [6, 6.07) is 0. The van der Waals surface area contributed by atoms with Crippen LogP contribution in [0.5, 0.6) is 0 Å². The number of esters is 2. The van der Waals surface area contributed by atoms with Crippen molar-refractivity contribution in [3.8, 4) is 0 Å². The van der Waals surface area contributed by atoms with Crippen molar-refractivity contribution in [3.63, 3.8) is 0 Å². The second-order valence-corrected chi connectivity index (χ2v) is 5.64. The maximum absolute atomic E-state index is 11.9. The third kappa shape index (κ3) is 3.59. The zero-order valence-corrected chi connectivity index (χ0v) is 13.6. The molecule has 22 heavy (non-hydrogen) atoms. The lowest BCUT2D eigenvalue weighted by Gasteiger charge is -2.36. The summed E-state index contributed by atoms with van der Waals surface area (Å²) in [6.07, 6.45) is 1.73. The Balaban J connectivity index is 2.31. The van der Waals surface area contributed by atoms with E-state index in [9.17, 15) is 9.59 Å². The molecule has 2 rings (SSSR count). The van der Waals surface area contributed by atoms with Crippen molar-refractivity contribution < 1.29 is 19.1 Å². The van der Waals surface area contributed by atoms with Crippen LogP contribution in [0.2, 0.25) is 10.3 Å². The normalized spacial score (nSPS) is 21.4. The van der Waals surface area contributed by atoms with Crippen LogP contribution in [0.15, 0.2) is 6.20 Å². The maximum atomic E-state index is 11.9. The first-order valence-corrected chi connectivity index (χ1v) is 7.30. The van der Waals surface area contributed by atoms with Crippen molar-refractivity contribution >= 4 is 41.0 Å². The molecule has 0 aromatic carbocycles. The summed E-state index contributed by atoms with van der Waals surface area (Å²) in [6.45, 7) is 0.653. The van der Waals surface area contributed by atoms with Gasteiger partial charge in [0, 0.05) is 13.1 Å². The van der Waals surface area contributed by atoms with Gasteiger partial charge in [0.05, 0.1) is 32.3 Å². The number of hydrogen-bond donors (Lipinski definition) is 0. The Morgan fingerprint density at radius 2 is 1.73 bits per heavy atom. The number of hydrogen-bond acceptors (Lipinski definition) is 7. The van der Waals surface area contributed by atoms with Crippen LogP contribution in [0, 0.1) is 11.8 Å². The molecule has 0 unspecified atom stereocenters.